The lowest BCUT2D eigenvalue weighted by Crippen LogP contribution is -2.15. The smallest absolute Gasteiger partial charge is 0.333 e. The molecular weight excluding hydrogens is 260 g/mol. The first-order chi connectivity index (χ1) is 9.52. The zero-order chi connectivity index (χ0) is 15.0. The second-order valence-corrected chi connectivity index (χ2v) is 4.16. The summed E-state index contributed by atoms with van der Waals surface area (Å²) < 4.78 is 14.8. The van der Waals surface area contributed by atoms with Crippen LogP contribution in [0.2, 0.25) is 0 Å². The molecule has 0 saturated carbocycles. The Morgan fingerprint density at radius 1 is 1.10 bits per heavy atom. The van der Waals surface area contributed by atoms with Crippen molar-refractivity contribution in [1.29, 1.82) is 0 Å². The molecular formula is C15H18O5. The minimum Gasteiger partial charge on any atom is -0.497 e. The lowest BCUT2D eigenvalue weighted by atomic mass is 10.1. The van der Waals surface area contributed by atoms with Crippen LogP contribution in [0.25, 0.3) is 0 Å². The standard InChI is InChI=1S/C15H18O5/c1-11(2)15(17)20-9-8-19-14(16)10-12-4-6-13(18-3)7-5-12/h4-7H,1,8-10H2,2-3H3. The summed E-state index contributed by atoms with van der Waals surface area (Å²) in [4.78, 5) is 22.6. The van der Waals surface area contributed by atoms with E-state index >= 15 is 0 Å². The van der Waals surface area contributed by atoms with E-state index in [4.69, 9.17) is 14.2 Å². The zero-order valence-corrected chi connectivity index (χ0v) is 11.7. The summed E-state index contributed by atoms with van der Waals surface area (Å²) in [6.07, 6.45) is 0.165. The third kappa shape index (κ3) is 5.56. The fraction of sp³-hybridized carbons (Fsp3) is 0.333. The predicted molar refractivity (Wildman–Crippen MR) is 73.4 cm³/mol. The van der Waals surface area contributed by atoms with Crippen LogP contribution in [0.1, 0.15) is 12.5 Å². The van der Waals surface area contributed by atoms with E-state index in [-0.39, 0.29) is 25.6 Å². The van der Waals surface area contributed by atoms with Crippen LogP contribution in [-0.4, -0.2) is 32.3 Å². The van der Waals surface area contributed by atoms with Crippen LogP contribution in [0.4, 0.5) is 0 Å². The molecule has 5 nitrogen and oxygen atoms in total. The Bertz CT molecular complexity index is 476. The van der Waals surface area contributed by atoms with Gasteiger partial charge >= 0.3 is 11.9 Å². The summed E-state index contributed by atoms with van der Waals surface area (Å²) in [6.45, 7) is 5.06. The first-order valence-electron chi connectivity index (χ1n) is 6.14. The molecule has 20 heavy (non-hydrogen) atoms. The van der Waals surface area contributed by atoms with Gasteiger partial charge in [-0.1, -0.05) is 18.7 Å². The van der Waals surface area contributed by atoms with Gasteiger partial charge in [-0.25, -0.2) is 4.79 Å². The molecule has 0 aliphatic heterocycles. The summed E-state index contributed by atoms with van der Waals surface area (Å²) in [7, 11) is 1.58. The van der Waals surface area contributed by atoms with E-state index in [2.05, 4.69) is 6.58 Å². The molecule has 1 aromatic carbocycles. The Labute approximate surface area is 118 Å². The highest BCUT2D eigenvalue weighted by Gasteiger charge is 2.07. The van der Waals surface area contributed by atoms with Crippen molar-refractivity contribution in [3.63, 3.8) is 0 Å². The molecule has 0 heterocycles. The van der Waals surface area contributed by atoms with E-state index in [0.29, 0.717) is 5.57 Å². The molecule has 0 N–H and O–H groups in total. The van der Waals surface area contributed by atoms with Crippen LogP contribution in [0.15, 0.2) is 36.4 Å². The predicted octanol–water partition coefficient (Wildman–Crippen LogP) is 1.90. The average molecular weight is 278 g/mol. The molecule has 1 aromatic rings. The molecule has 0 aromatic heterocycles. The van der Waals surface area contributed by atoms with Gasteiger partial charge in [-0.05, 0) is 24.6 Å². The molecule has 0 unspecified atom stereocenters. The minimum absolute atomic E-state index is 0.0278. The number of carbonyl (C=O) groups is 2. The Kier molecular flexibility index (Phi) is 6.29. The van der Waals surface area contributed by atoms with Gasteiger partial charge in [-0.3, -0.25) is 4.79 Å². The molecule has 0 amide bonds. The Morgan fingerprint density at radius 2 is 1.70 bits per heavy atom. The fourth-order valence-corrected chi connectivity index (χ4v) is 1.37. The van der Waals surface area contributed by atoms with Crippen molar-refractivity contribution >= 4 is 11.9 Å². The number of benzene rings is 1. The molecule has 0 atom stereocenters. The topological polar surface area (TPSA) is 61.8 Å². The Hall–Kier alpha value is -2.30. The van der Waals surface area contributed by atoms with Crippen LogP contribution >= 0.6 is 0 Å². The van der Waals surface area contributed by atoms with Crippen molar-refractivity contribution in [2.75, 3.05) is 20.3 Å². The van der Waals surface area contributed by atoms with Gasteiger partial charge in [0.05, 0.1) is 13.5 Å². The van der Waals surface area contributed by atoms with E-state index < -0.39 is 5.97 Å². The number of carbonyl (C=O) groups excluding carboxylic acids is 2. The van der Waals surface area contributed by atoms with Gasteiger partial charge in [0.1, 0.15) is 19.0 Å². The quantitative estimate of drug-likeness (QED) is 0.433. The molecule has 0 fully saturated rings. The molecule has 0 aliphatic carbocycles. The number of hydrogen-bond acceptors (Lipinski definition) is 5. The van der Waals surface area contributed by atoms with E-state index in [1.807, 2.05) is 0 Å². The van der Waals surface area contributed by atoms with Gasteiger partial charge in [0.2, 0.25) is 0 Å². The molecule has 0 aliphatic rings. The number of ether oxygens (including phenoxy) is 3. The van der Waals surface area contributed by atoms with Crippen molar-refractivity contribution in [2.24, 2.45) is 0 Å². The maximum atomic E-state index is 11.5. The summed E-state index contributed by atoms with van der Waals surface area (Å²) in [5, 5.41) is 0. The van der Waals surface area contributed by atoms with E-state index in [9.17, 15) is 9.59 Å². The normalized spacial score (nSPS) is 9.70. The Balaban J connectivity index is 2.26. The summed E-state index contributed by atoms with van der Waals surface area (Å²) in [5.41, 5.74) is 1.14. The fourth-order valence-electron chi connectivity index (χ4n) is 1.37. The largest absolute Gasteiger partial charge is 0.497 e. The molecule has 1 rings (SSSR count). The highest BCUT2D eigenvalue weighted by atomic mass is 16.6. The summed E-state index contributed by atoms with van der Waals surface area (Å²) >= 11 is 0. The van der Waals surface area contributed by atoms with E-state index in [1.165, 1.54) is 0 Å². The number of hydrogen-bond donors (Lipinski definition) is 0. The van der Waals surface area contributed by atoms with Crippen molar-refractivity contribution in [3.05, 3.63) is 42.0 Å². The third-order valence-corrected chi connectivity index (χ3v) is 2.44. The Morgan fingerprint density at radius 3 is 2.25 bits per heavy atom. The lowest BCUT2D eigenvalue weighted by Gasteiger charge is -2.06. The summed E-state index contributed by atoms with van der Waals surface area (Å²) in [6, 6.07) is 7.14. The van der Waals surface area contributed by atoms with Gasteiger partial charge in [0, 0.05) is 5.57 Å². The summed E-state index contributed by atoms with van der Waals surface area (Å²) in [5.74, 6) is -0.133. The SMILES string of the molecule is C=C(C)C(=O)OCCOC(=O)Cc1ccc(OC)cc1. The van der Waals surface area contributed by atoms with Crippen LogP contribution in [0.5, 0.6) is 5.75 Å². The molecule has 108 valence electrons. The highest BCUT2D eigenvalue weighted by molar-refractivity contribution is 5.86. The van der Waals surface area contributed by atoms with Crippen molar-refractivity contribution in [1.82, 2.24) is 0 Å². The first kappa shape index (κ1) is 15.8. The maximum absolute atomic E-state index is 11.5. The maximum Gasteiger partial charge on any atom is 0.333 e. The molecule has 0 bridgehead atoms. The van der Waals surface area contributed by atoms with Gasteiger partial charge in [0.15, 0.2) is 0 Å². The monoisotopic (exact) mass is 278 g/mol. The lowest BCUT2D eigenvalue weighted by molar-refractivity contribution is -0.149. The first-order valence-corrected chi connectivity index (χ1v) is 6.14. The van der Waals surface area contributed by atoms with Crippen LogP contribution < -0.4 is 4.74 Å². The van der Waals surface area contributed by atoms with Gasteiger partial charge < -0.3 is 14.2 Å². The molecule has 5 heteroatoms. The minimum atomic E-state index is -0.490. The molecule has 0 radical (unpaired) electrons. The van der Waals surface area contributed by atoms with E-state index in [1.54, 1.807) is 38.3 Å². The zero-order valence-electron chi connectivity index (χ0n) is 11.7. The number of esters is 2. The molecule has 0 saturated heterocycles. The molecule has 0 spiro atoms. The van der Waals surface area contributed by atoms with Crippen LogP contribution in [0.3, 0.4) is 0 Å². The number of rotatable bonds is 7. The van der Waals surface area contributed by atoms with Crippen LogP contribution in [-0.2, 0) is 25.5 Å². The highest BCUT2D eigenvalue weighted by Crippen LogP contribution is 2.11. The van der Waals surface area contributed by atoms with Gasteiger partial charge in [-0.2, -0.15) is 0 Å². The van der Waals surface area contributed by atoms with Crippen molar-refractivity contribution in [3.8, 4) is 5.75 Å². The number of methoxy groups -OCH3 is 1. The van der Waals surface area contributed by atoms with Crippen LogP contribution in [0, 0.1) is 0 Å². The second kappa shape index (κ2) is 7.99. The van der Waals surface area contributed by atoms with Gasteiger partial charge in [0.25, 0.3) is 0 Å². The third-order valence-electron chi connectivity index (χ3n) is 2.44. The van der Waals surface area contributed by atoms with Crippen molar-refractivity contribution < 1.29 is 23.8 Å². The second-order valence-electron chi connectivity index (χ2n) is 4.16. The average Bonchev–Trinajstić information content (AvgIpc) is 2.44. The van der Waals surface area contributed by atoms with Crippen molar-refractivity contribution in [2.45, 2.75) is 13.3 Å². The van der Waals surface area contributed by atoms with Gasteiger partial charge in [-0.15, -0.1) is 0 Å². The van der Waals surface area contributed by atoms with E-state index in [0.717, 1.165) is 11.3 Å².